The maximum absolute atomic E-state index is 12.2. The number of aryl methyl sites for hydroxylation is 1. The molecule has 146 valence electrons. The molecule has 1 amide bonds. The van der Waals surface area contributed by atoms with Gasteiger partial charge in [0, 0.05) is 10.6 Å². The predicted molar refractivity (Wildman–Crippen MR) is 113 cm³/mol. The molecule has 0 bridgehead atoms. The maximum Gasteiger partial charge on any atom is 0.316 e. The second-order valence-corrected chi connectivity index (χ2v) is 8.09. The summed E-state index contributed by atoms with van der Waals surface area (Å²) in [4.78, 5) is 25.2. The van der Waals surface area contributed by atoms with Crippen LogP contribution in [-0.2, 0) is 20.1 Å². The van der Waals surface area contributed by atoms with E-state index in [2.05, 4.69) is 10.4 Å². The van der Waals surface area contributed by atoms with Crippen LogP contribution in [-0.4, -0.2) is 34.0 Å². The van der Waals surface area contributed by atoms with Gasteiger partial charge in [0.05, 0.1) is 28.5 Å². The first kappa shape index (κ1) is 20.2. The number of esters is 1. The van der Waals surface area contributed by atoms with Gasteiger partial charge in [0.2, 0.25) is 0 Å². The Hall–Kier alpha value is -2.58. The van der Waals surface area contributed by atoms with Crippen LogP contribution >= 0.6 is 23.1 Å². The first-order valence-corrected chi connectivity index (χ1v) is 10.8. The number of nitrogens with zero attached hydrogens (tertiary/aromatic N) is 2. The van der Waals surface area contributed by atoms with Crippen molar-refractivity contribution in [2.75, 3.05) is 17.7 Å². The number of amides is 1. The highest BCUT2D eigenvalue weighted by molar-refractivity contribution is 7.99. The molecule has 3 rings (SSSR count). The lowest BCUT2D eigenvalue weighted by Crippen LogP contribution is -2.22. The minimum atomic E-state index is -0.398. The molecule has 0 atom stereocenters. The number of hydrogen-bond acceptors (Lipinski definition) is 6. The highest BCUT2D eigenvalue weighted by Crippen LogP contribution is 2.22. The van der Waals surface area contributed by atoms with Crippen molar-refractivity contribution < 1.29 is 14.3 Å². The Balaban J connectivity index is 1.49. The molecule has 0 spiro atoms. The Morgan fingerprint density at radius 3 is 2.68 bits per heavy atom. The third kappa shape index (κ3) is 5.24. The number of rotatable bonds is 8. The van der Waals surface area contributed by atoms with Gasteiger partial charge in [-0.3, -0.25) is 9.59 Å². The normalized spacial score (nSPS) is 10.6. The second kappa shape index (κ2) is 9.57. The van der Waals surface area contributed by atoms with E-state index in [1.165, 1.54) is 16.6 Å². The largest absolute Gasteiger partial charge is 0.455 e. The molecule has 0 fully saturated rings. The van der Waals surface area contributed by atoms with Crippen LogP contribution in [0.3, 0.4) is 0 Å². The molecule has 2 aromatic heterocycles. The molecule has 3 aromatic rings. The van der Waals surface area contributed by atoms with Crippen LogP contribution in [0.5, 0.6) is 0 Å². The Bertz CT molecular complexity index is 937. The number of nitrogens with one attached hydrogen (secondary N) is 1. The fourth-order valence-electron chi connectivity index (χ4n) is 2.64. The molecule has 2 heterocycles. The Kier molecular flexibility index (Phi) is 6.89. The molecule has 28 heavy (non-hydrogen) atoms. The van der Waals surface area contributed by atoms with Crippen molar-refractivity contribution in [1.82, 2.24) is 9.78 Å². The predicted octanol–water partition coefficient (Wildman–Crippen LogP) is 3.97. The van der Waals surface area contributed by atoms with Crippen LogP contribution in [0.25, 0.3) is 5.69 Å². The summed E-state index contributed by atoms with van der Waals surface area (Å²) in [6, 6.07) is 13.7. The monoisotopic (exact) mass is 415 g/mol. The third-order valence-electron chi connectivity index (χ3n) is 3.97. The zero-order chi connectivity index (χ0) is 19.9. The fourth-order valence-corrected chi connectivity index (χ4v) is 4.30. The summed E-state index contributed by atoms with van der Waals surface area (Å²) >= 11 is 3.12. The van der Waals surface area contributed by atoms with Gasteiger partial charge in [-0.2, -0.15) is 5.10 Å². The minimum absolute atomic E-state index is 0.217. The number of aromatic nitrogens is 2. The van der Waals surface area contributed by atoms with Crippen molar-refractivity contribution in [1.29, 1.82) is 0 Å². The first-order valence-electron chi connectivity index (χ1n) is 8.72. The van der Waals surface area contributed by atoms with Crippen LogP contribution in [0.4, 0.5) is 5.69 Å². The zero-order valence-corrected chi connectivity index (χ0v) is 17.3. The molecule has 1 N–H and O–H groups in total. The van der Waals surface area contributed by atoms with Gasteiger partial charge in [-0.1, -0.05) is 24.3 Å². The van der Waals surface area contributed by atoms with Gasteiger partial charge in [0.25, 0.3) is 5.91 Å². The summed E-state index contributed by atoms with van der Waals surface area (Å²) in [5.41, 5.74) is 3.07. The van der Waals surface area contributed by atoms with E-state index in [0.717, 1.165) is 17.1 Å². The number of thioether (sulfide) groups is 1. The highest BCUT2D eigenvalue weighted by Gasteiger charge is 2.16. The molecule has 6 nitrogen and oxygen atoms in total. The van der Waals surface area contributed by atoms with Gasteiger partial charge < -0.3 is 10.1 Å². The average molecular weight is 416 g/mol. The van der Waals surface area contributed by atoms with E-state index in [-0.39, 0.29) is 18.3 Å². The number of hydrogen-bond donors (Lipinski definition) is 1. The van der Waals surface area contributed by atoms with Crippen molar-refractivity contribution in [3.63, 3.8) is 0 Å². The van der Waals surface area contributed by atoms with Crippen molar-refractivity contribution in [3.05, 3.63) is 64.1 Å². The van der Waals surface area contributed by atoms with E-state index in [9.17, 15) is 9.59 Å². The number of thiophene rings is 1. The van der Waals surface area contributed by atoms with Gasteiger partial charge in [-0.15, -0.1) is 23.1 Å². The van der Waals surface area contributed by atoms with E-state index in [4.69, 9.17) is 4.74 Å². The van der Waals surface area contributed by atoms with Crippen molar-refractivity contribution in [2.45, 2.75) is 19.6 Å². The van der Waals surface area contributed by atoms with Crippen LogP contribution in [0.2, 0.25) is 0 Å². The SMILES string of the molecule is Cc1nn(-c2ccccc2)c(C)c1NC(=O)COC(=O)CSCc1cccs1. The summed E-state index contributed by atoms with van der Waals surface area (Å²) in [6.07, 6.45) is 0. The summed E-state index contributed by atoms with van der Waals surface area (Å²) in [6.45, 7) is 3.40. The molecule has 0 unspecified atom stereocenters. The molecular weight excluding hydrogens is 394 g/mol. The molecule has 0 aliphatic heterocycles. The lowest BCUT2D eigenvalue weighted by molar-refractivity contribution is -0.144. The van der Waals surface area contributed by atoms with Crippen molar-refractivity contribution >= 4 is 40.7 Å². The van der Waals surface area contributed by atoms with Crippen LogP contribution < -0.4 is 5.32 Å². The summed E-state index contributed by atoms with van der Waals surface area (Å²) in [5.74, 6) is 0.200. The summed E-state index contributed by atoms with van der Waals surface area (Å²) in [7, 11) is 0. The molecule has 0 saturated heterocycles. The Labute approximate surface area is 171 Å². The zero-order valence-electron chi connectivity index (χ0n) is 15.7. The average Bonchev–Trinajstić information content (AvgIpc) is 3.31. The molecule has 8 heteroatoms. The first-order chi connectivity index (χ1) is 13.5. The van der Waals surface area contributed by atoms with E-state index in [1.807, 2.05) is 61.7 Å². The van der Waals surface area contributed by atoms with Gasteiger partial charge in [0.15, 0.2) is 6.61 Å². The number of para-hydroxylation sites is 1. The smallest absolute Gasteiger partial charge is 0.316 e. The molecular formula is C20H21N3O3S2. The van der Waals surface area contributed by atoms with E-state index in [1.54, 1.807) is 16.0 Å². The van der Waals surface area contributed by atoms with Gasteiger partial charge in [0.1, 0.15) is 0 Å². The Morgan fingerprint density at radius 2 is 1.96 bits per heavy atom. The van der Waals surface area contributed by atoms with Crippen LogP contribution in [0.15, 0.2) is 47.8 Å². The second-order valence-electron chi connectivity index (χ2n) is 6.07. The molecule has 0 aliphatic rings. The fraction of sp³-hybridized carbons (Fsp3) is 0.250. The number of carbonyl (C=O) groups excluding carboxylic acids is 2. The van der Waals surface area contributed by atoms with E-state index >= 15 is 0 Å². The van der Waals surface area contributed by atoms with E-state index < -0.39 is 5.97 Å². The summed E-state index contributed by atoms with van der Waals surface area (Å²) in [5, 5.41) is 9.29. The van der Waals surface area contributed by atoms with Gasteiger partial charge in [-0.25, -0.2) is 4.68 Å². The molecule has 0 radical (unpaired) electrons. The van der Waals surface area contributed by atoms with Crippen molar-refractivity contribution in [3.8, 4) is 5.69 Å². The number of anilines is 1. The van der Waals surface area contributed by atoms with E-state index in [0.29, 0.717) is 11.4 Å². The Morgan fingerprint density at radius 1 is 1.18 bits per heavy atom. The lowest BCUT2D eigenvalue weighted by atomic mass is 10.3. The topological polar surface area (TPSA) is 73.2 Å². The van der Waals surface area contributed by atoms with Gasteiger partial charge >= 0.3 is 5.97 Å². The highest BCUT2D eigenvalue weighted by atomic mass is 32.2. The number of carbonyl (C=O) groups is 2. The van der Waals surface area contributed by atoms with Gasteiger partial charge in [-0.05, 0) is 37.4 Å². The molecule has 0 aliphatic carbocycles. The van der Waals surface area contributed by atoms with Crippen molar-refractivity contribution in [2.24, 2.45) is 0 Å². The third-order valence-corrected chi connectivity index (χ3v) is 5.98. The lowest BCUT2D eigenvalue weighted by Gasteiger charge is -2.08. The quantitative estimate of drug-likeness (QED) is 0.564. The van der Waals surface area contributed by atoms with Crippen LogP contribution in [0, 0.1) is 13.8 Å². The number of ether oxygens (including phenoxy) is 1. The minimum Gasteiger partial charge on any atom is -0.455 e. The molecule has 1 aromatic carbocycles. The maximum atomic E-state index is 12.2. The molecule has 0 saturated carbocycles. The number of benzene rings is 1. The van der Waals surface area contributed by atoms with Crippen LogP contribution in [0.1, 0.15) is 16.3 Å². The standard InChI is InChI=1S/C20H21N3O3S2/c1-14-20(15(2)23(22-14)16-7-4-3-5-8-16)21-18(24)11-26-19(25)13-27-12-17-9-6-10-28-17/h3-10H,11-13H2,1-2H3,(H,21,24). The summed E-state index contributed by atoms with van der Waals surface area (Å²) < 4.78 is 6.85.